The van der Waals surface area contributed by atoms with Crippen molar-refractivity contribution in [1.29, 1.82) is 0 Å². The third kappa shape index (κ3) is 7.24. The Bertz CT molecular complexity index is 279. The molecule has 0 aromatic rings. The minimum atomic E-state index is -1.12. The molecule has 0 aliphatic carbocycles. The van der Waals surface area contributed by atoms with Gasteiger partial charge in [-0.2, -0.15) is 0 Å². The van der Waals surface area contributed by atoms with Crippen LogP contribution in [-0.4, -0.2) is 40.3 Å². The molecule has 0 aliphatic heterocycles. The van der Waals surface area contributed by atoms with Crippen LogP contribution in [0.2, 0.25) is 0 Å². The number of amides is 1. The van der Waals surface area contributed by atoms with Crippen LogP contribution < -0.4 is 11.1 Å². The molecule has 0 saturated carbocycles. The number of aliphatic hydroxyl groups excluding tert-OH is 1. The van der Waals surface area contributed by atoms with Gasteiger partial charge in [0.1, 0.15) is 0 Å². The lowest BCUT2D eigenvalue weighted by molar-refractivity contribution is -0.139. The maximum absolute atomic E-state index is 11.6. The minimum absolute atomic E-state index is 0.389. The van der Waals surface area contributed by atoms with Crippen LogP contribution in [0.15, 0.2) is 0 Å². The molecule has 0 bridgehead atoms. The van der Waals surface area contributed by atoms with Gasteiger partial charge in [0.05, 0.1) is 24.6 Å². The summed E-state index contributed by atoms with van der Waals surface area (Å²) in [5.41, 5.74) is 5.45. The van der Waals surface area contributed by atoms with E-state index in [2.05, 4.69) is 19.2 Å². The molecule has 18 heavy (non-hydrogen) atoms. The molecule has 0 heterocycles. The van der Waals surface area contributed by atoms with E-state index in [1.807, 2.05) is 0 Å². The second kappa shape index (κ2) is 8.05. The summed E-state index contributed by atoms with van der Waals surface area (Å²) >= 11 is 0. The van der Waals surface area contributed by atoms with Gasteiger partial charge in [0.15, 0.2) is 0 Å². The van der Waals surface area contributed by atoms with Crippen LogP contribution in [0.5, 0.6) is 0 Å². The molecule has 0 saturated heterocycles. The minimum Gasteiger partial charge on any atom is -0.481 e. The monoisotopic (exact) mass is 260 g/mol. The third-order valence-corrected chi connectivity index (χ3v) is 2.70. The fourth-order valence-electron chi connectivity index (χ4n) is 1.52. The fraction of sp³-hybridized carbons (Fsp3) is 0.833. The Morgan fingerprint density at radius 2 is 1.78 bits per heavy atom. The Hall–Kier alpha value is -1.14. The van der Waals surface area contributed by atoms with Crippen LogP contribution >= 0.6 is 0 Å². The highest BCUT2D eigenvalue weighted by molar-refractivity contribution is 5.86. The van der Waals surface area contributed by atoms with Crippen molar-refractivity contribution in [1.82, 2.24) is 5.32 Å². The summed E-state index contributed by atoms with van der Waals surface area (Å²) in [6.07, 6.45) is 0.401. The molecule has 3 atom stereocenters. The number of carboxylic acid groups (broad SMARTS) is 1. The molecule has 0 aromatic carbocycles. The number of aliphatic carboxylic acids is 1. The molecular formula is C12H24N2O4. The Balaban J connectivity index is 4.31. The van der Waals surface area contributed by atoms with Crippen molar-refractivity contribution in [2.24, 2.45) is 11.7 Å². The van der Waals surface area contributed by atoms with Crippen LogP contribution in [0, 0.1) is 5.92 Å². The van der Waals surface area contributed by atoms with Crippen LogP contribution in [0.25, 0.3) is 0 Å². The first-order valence-corrected chi connectivity index (χ1v) is 6.19. The van der Waals surface area contributed by atoms with Gasteiger partial charge in [-0.3, -0.25) is 9.59 Å². The molecule has 0 spiro atoms. The summed E-state index contributed by atoms with van der Waals surface area (Å²) in [5.74, 6) is -1.18. The fourth-order valence-corrected chi connectivity index (χ4v) is 1.52. The Morgan fingerprint density at radius 1 is 1.22 bits per heavy atom. The van der Waals surface area contributed by atoms with E-state index in [1.54, 1.807) is 6.92 Å². The molecule has 0 rings (SSSR count). The van der Waals surface area contributed by atoms with Gasteiger partial charge in [-0.05, 0) is 25.7 Å². The number of carbonyl (C=O) groups is 2. The topological polar surface area (TPSA) is 113 Å². The number of rotatable bonds is 8. The standard InChI is InChI=1S/C12H24N2O4/c1-7(2)4-5-10(8(3)15)14-12(18)9(13)6-11(16)17/h7-10,15H,4-6,13H2,1-3H3,(H,14,18)(H,16,17)/t8?,9?,10-/m0/s1. The number of aliphatic hydroxyl groups is 1. The molecular weight excluding hydrogens is 236 g/mol. The molecule has 0 radical (unpaired) electrons. The largest absolute Gasteiger partial charge is 0.481 e. The summed E-state index contributed by atoms with van der Waals surface area (Å²) in [5, 5.41) is 20.7. The maximum Gasteiger partial charge on any atom is 0.305 e. The normalized spacial score (nSPS) is 16.1. The number of nitrogens with one attached hydrogen (secondary N) is 1. The number of hydrogen-bond acceptors (Lipinski definition) is 4. The van der Waals surface area contributed by atoms with E-state index < -0.39 is 30.4 Å². The zero-order valence-electron chi connectivity index (χ0n) is 11.2. The van der Waals surface area contributed by atoms with E-state index >= 15 is 0 Å². The van der Waals surface area contributed by atoms with Gasteiger partial charge < -0.3 is 21.3 Å². The third-order valence-electron chi connectivity index (χ3n) is 2.70. The van der Waals surface area contributed by atoms with Gasteiger partial charge in [-0.15, -0.1) is 0 Å². The average molecular weight is 260 g/mol. The van der Waals surface area contributed by atoms with Gasteiger partial charge >= 0.3 is 5.97 Å². The van der Waals surface area contributed by atoms with Gasteiger partial charge in [-0.1, -0.05) is 13.8 Å². The van der Waals surface area contributed by atoms with Crippen molar-refractivity contribution in [3.05, 3.63) is 0 Å². The Morgan fingerprint density at radius 3 is 2.17 bits per heavy atom. The van der Waals surface area contributed by atoms with Gasteiger partial charge in [0.25, 0.3) is 0 Å². The second-order valence-electron chi connectivity index (χ2n) is 5.03. The highest BCUT2D eigenvalue weighted by atomic mass is 16.4. The first-order chi connectivity index (χ1) is 8.23. The van der Waals surface area contributed by atoms with E-state index in [1.165, 1.54) is 0 Å². The molecule has 6 heteroatoms. The SMILES string of the molecule is CC(C)CC[C@H](NC(=O)C(N)CC(=O)O)C(C)O. The molecule has 0 aromatic heterocycles. The van der Waals surface area contributed by atoms with Crippen LogP contribution in [-0.2, 0) is 9.59 Å². The van der Waals surface area contributed by atoms with Crippen molar-refractivity contribution >= 4 is 11.9 Å². The number of carboxylic acids is 1. The molecule has 6 nitrogen and oxygen atoms in total. The summed E-state index contributed by atoms with van der Waals surface area (Å²) < 4.78 is 0. The predicted octanol–water partition coefficient (Wildman–Crippen LogP) is 0.0902. The number of nitrogens with two attached hydrogens (primary N) is 1. The zero-order valence-corrected chi connectivity index (χ0v) is 11.2. The lowest BCUT2D eigenvalue weighted by Gasteiger charge is -2.23. The second-order valence-corrected chi connectivity index (χ2v) is 5.03. The van der Waals surface area contributed by atoms with Gasteiger partial charge in [0.2, 0.25) is 5.91 Å². The lowest BCUT2D eigenvalue weighted by atomic mass is 10.00. The molecule has 2 unspecified atom stereocenters. The van der Waals surface area contributed by atoms with E-state index in [0.717, 1.165) is 6.42 Å². The van der Waals surface area contributed by atoms with E-state index in [4.69, 9.17) is 10.8 Å². The Kier molecular flexibility index (Phi) is 7.54. The predicted molar refractivity (Wildman–Crippen MR) is 67.9 cm³/mol. The van der Waals surface area contributed by atoms with E-state index in [9.17, 15) is 14.7 Å². The summed E-state index contributed by atoms with van der Waals surface area (Å²) in [4.78, 5) is 22.1. The van der Waals surface area contributed by atoms with Gasteiger partial charge in [0, 0.05) is 0 Å². The molecule has 0 fully saturated rings. The summed E-state index contributed by atoms with van der Waals surface area (Å²) in [6, 6.07) is -1.47. The summed E-state index contributed by atoms with van der Waals surface area (Å²) in [6.45, 7) is 5.70. The van der Waals surface area contributed by atoms with Crippen molar-refractivity contribution < 1.29 is 19.8 Å². The zero-order chi connectivity index (χ0) is 14.3. The van der Waals surface area contributed by atoms with Gasteiger partial charge in [-0.25, -0.2) is 0 Å². The average Bonchev–Trinajstić information content (AvgIpc) is 2.21. The molecule has 0 aliphatic rings. The van der Waals surface area contributed by atoms with Crippen LogP contribution in [0.4, 0.5) is 0 Å². The molecule has 106 valence electrons. The first-order valence-electron chi connectivity index (χ1n) is 6.19. The number of carbonyl (C=O) groups excluding carboxylic acids is 1. The van der Waals surface area contributed by atoms with Crippen LogP contribution in [0.3, 0.4) is 0 Å². The van der Waals surface area contributed by atoms with E-state index in [-0.39, 0.29) is 6.04 Å². The highest BCUT2D eigenvalue weighted by Crippen LogP contribution is 2.10. The van der Waals surface area contributed by atoms with Crippen molar-refractivity contribution in [2.45, 2.75) is 58.2 Å². The lowest BCUT2D eigenvalue weighted by Crippen LogP contribution is -2.49. The highest BCUT2D eigenvalue weighted by Gasteiger charge is 2.22. The quantitative estimate of drug-likeness (QED) is 0.494. The van der Waals surface area contributed by atoms with E-state index in [0.29, 0.717) is 12.3 Å². The maximum atomic E-state index is 11.6. The first kappa shape index (κ1) is 16.9. The Labute approximate surface area is 108 Å². The van der Waals surface area contributed by atoms with Crippen LogP contribution in [0.1, 0.15) is 40.0 Å². The molecule has 1 amide bonds. The summed E-state index contributed by atoms with van der Waals surface area (Å²) in [7, 11) is 0. The van der Waals surface area contributed by atoms with Crippen molar-refractivity contribution in [2.75, 3.05) is 0 Å². The smallest absolute Gasteiger partial charge is 0.305 e. The number of hydrogen-bond donors (Lipinski definition) is 4. The van der Waals surface area contributed by atoms with Crippen molar-refractivity contribution in [3.8, 4) is 0 Å². The van der Waals surface area contributed by atoms with Crippen molar-refractivity contribution in [3.63, 3.8) is 0 Å². The molecule has 5 N–H and O–H groups in total.